The molecular formula is C15H13ClN2OS. The Morgan fingerprint density at radius 2 is 1.90 bits per heavy atom. The highest BCUT2D eigenvalue weighted by atomic mass is 35.5. The van der Waals surface area contributed by atoms with Crippen LogP contribution in [0.3, 0.4) is 0 Å². The lowest BCUT2D eigenvalue weighted by atomic mass is 10.0. The van der Waals surface area contributed by atoms with Gasteiger partial charge in [0.05, 0.1) is 0 Å². The number of benzene rings is 2. The Bertz CT molecular complexity index is 670. The third-order valence-electron chi connectivity index (χ3n) is 3.17. The Labute approximate surface area is 126 Å². The summed E-state index contributed by atoms with van der Waals surface area (Å²) in [5, 5.41) is 3.57. The molecule has 0 spiro atoms. The molecule has 0 bridgehead atoms. The van der Waals surface area contributed by atoms with E-state index in [0.29, 0.717) is 12.1 Å². The molecule has 0 radical (unpaired) electrons. The molecule has 0 unspecified atom stereocenters. The van der Waals surface area contributed by atoms with Gasteiger partial charge in [0.15, 0.2) is 0 Å². The largest absolute Gasteiger partial charge is 0.398 e. The van der Waals surface area contributed by atoms with Gasteiger partial charge in [-0.3, -0.25) is 4.79 Å². The third-order valence-corrected chi connectivity index (χ3v) is 4.51. The zero-order chi connectivity index (χ0) is 14.1. The molecule has 0 fully saturated rings. The van der Waals surface area contributed by atoms with Crippen LogP contribution in [0, 0.1) is 0 Å². The van der Waals surface area contributed by atoms with Gasteiger partial charge in [-0.25, -0.2) is 0 Å². The molecule has 5 heteroatoms. The molecule has 1 amide bonds. The van der Waals surface area contributed by atoms with Gasteiger partial charge in [-0.15, -0.1) is 0 Å². The summed E-state index contributed by atoms with van der Waals surface area (Å²) >= 11 is 7.48. The number of hydrogen-bond donors (Lipinski definition) is 2. The monoisotopic (exact) mass is 304 g/mol. The van der Waals surface area contributed by atoms with Crippen LogP contribution in [0.2, 0.25) is 5.02 Å². The smallest absolute Gasteiger partial charge is 0.224 e. The van der Waals surface area contributed by atoms with Crippen LogP contribution in [-0.2, 0) is 11.2 Å². The van der Waals surface area contributed by atoms with E-state index in [1.54, 1.807) is 11.8 Å². The molecule has 0 atom stereocenters. The van der Waals surface area contributed by atoms with Gasteiger partial charge in [0, 0.05) is 32.6 Å². The highest BCUT2D eigenvalue weighted by Gasteiger charge is 2.17. The number of nitrogen functional groups attached to an aromatic ring is 1. The second-order valence-electron chi connectivity index (χ2n) is 4.65. The average molecular weight is 305 g/mol. The number of aryl methyl sites for hydroxylation is 1. The second-order valence-corrected chi connectivity index (χ2v) is 6.20. The fourth-order valence-corrected chi connectivity index (χ4v) is 3.17. The van der Waals surface area contributed by atoms with E-state index in [1.165, 1.54) is 0 Å². The summed E-state index contributed by atoms with van der Waals surface area (Å²) in [6.07, 6.45) is 1.29. The van der Waals surface area contributed by atoms with Crippen LogP contribution in [0.15, 0.2) is 46.2 Å². The number of fused-ring (bicyclic) bond motifs is 1. The van der Waals surface area contributed by atoms with Crippen molar-refractivity contribution in [1.82, 2.24) is 0 Å². The van der Waals surface area contributed by atoms with E-state index in [9.17, 15) is 4.79 Å². The minimum Gasteiger partial charge on any atom is -0.398 e. The lowest BCUT2D eigenvalue weighted by molar-refractivity contribution is -0.116. The summed E-state index contributed by atoms with van der Waals surface area (Å²) in [7, 11) is 0. The van der Waals surface area contributed by atoms with Crippen molar-refractivity contribution in [3.8, 4) is 0 Å². The molecule has 20 heavy (non-hydrogen) atoms. The number of amides is 1. The van der Waals surface area contributed by atoms with Crippen LogP contribution in [-0.4, -0.2) is 5.91 Å². The predicted octanol–water partition coefficient (Wildman–Crippen LogP) is 3.96. The number of halogens is 1. The first kappa shape index (κ1) is 13.3. The molecule has 3 rings (SSSR count). The normalized spacial score (nSPS) is 13.8. The van der Waals surface area contributed by atoms with Crippen molar-refractivity contribution < 1.29 is 4.79 Å². The zero-order valence-corrected chi connectivity index (χ0v) is 12.2. The first-order chi connectivity index (χ1) is 9.61. The summed E-state index contributed by atoms with van der Waals surface area (Å²) in [6.45, 7) is 0. The van der Waals surface area contributed by atoms with Crippen molar-refractivity contribution in [2.45, 2.75) is 22.6 Å². The topological polar surface area (TPSA) is 55.1 Å². The van der Waals surface area contributed by atoms with Gasteiger partial charge in [0.1, 0.15) is 0 Å². The number of carbonyl (C=O) groups excluding carboxylic acids is 1. The van der Waals surface area contributed by atoms with Crippen LogP contribution >= 0.6 is 23.4 Å². The lowest BCUT2D eigenvalue weighted by Crippen LogP contribution is -2.19. The molecule has 1 heterocycles. The molecule has 2 aromatic carbocycles. The van der Waals surface area contributed by atoms with Gasteiger partial charge in [-0.2, -0.15) is 0 Å². The molecule has 1 aliphatic heterocycles. The van der Waals surface area contributed by atoms with Crippen LogP contribution in [0.25, 0.3) is 0 Å². The highest BCUT2D eigenvalue weighted by molar-refractivity contribution is 7.99. The summed E-state index contributed by atoms with van der Waals surface area (Å²) in [4.78, 5) is 13.5. The minimum atomic E-state index is 0.0509. The van der Waals surface area contributed by atoms with Gasteiger partial charge in [0.2, 0.25) is 5.91 Å². The van der Waals surface area contributed by atoms with Crippen molar-refractivity contribution in [2.24, 2.45) is 0 Å². The summed E-state index contributed by atoms with van der Waals surface area (Å²) in [5.41, 5.74) is 8.71. The maximum Gasteiger partial charge on any atom is 0.224 e. The summed E-state index contributed by atoms with van der Waals surface area (Å²) < 4.78 is 0. The molecule has 3 N–H and O–H groups in total. The lowest BCUT2D eigenvalue weighted by Gasteiger charge is -2.19. The maximum absolute atomic E-state index is 11.4. The zero-order valence-electron chi connectivity index (χ0n) is 10.7. The van der Waals surface area contributed by atoms with Crippen molar-refractivity contribution in [3.05, 3.63) is 47.0 Å². The number of carbonyl (C=O) groups is 1. The first-order valence-electron chi connectivity index (χ1n) is 6.27. The Balaban J connectivity index is 1.90. The van der Waals surface area contributed by atoms with Crippen molar-refractivity contribution in [1.29, 1.82) is 0 Å². The van der Waals surface area contributed by atoms with Crippen molar-refractivity contribution >= 4 is 40.6 Å². The molecule has 102 valence electrons. The Morgan fingerprint density at radius 3 is 2.65 bits per heavy atom. The standard InChI is InChI=1S/C15H13ClN2OS/c16-10-2-4-11(5-3-10)20-14-7-9-1-6-15(19)18-13(9)8-12(14)17/h2-5,7-8H,1,6,17H2,(H,18,19). The van der Waals surface area contributed by atoms with E-state index >= 15 is 0 Å². The highest BCUT2D eigenvalue weighted by Crippen LogP contribution is 2.37. The number of nitrogens with one attached hydrogen (secondary N) is 1. The van der Waals surface area contributed by atoms with Crippen molar-refractivity contribution in [2.75, 3.05) is 11.1 Å². The van der Waals surface area contributed by atoms with E-state index in [-0.39, 0.29) is 5.91 Å². The predicted molar refractivity (Wildman–Crippen MR) is 83.4 cm³/mol. The molecule has 3 nitrogen and oxygen atoms in total. The van der Waals surface area contributed by atoms with Gasteiger partial charge in [-0.05, 0) is 48.4 Å². The van der Waals surface area contributed by atoms with Crippen LogP contribution in [0.5, 0.6) is 0 Å². The second kappa shape index (κ2) is 5.38. The van der Waals surface area contributed by atoms with E-state index in [4.69, 9.17) is 17.3 Å². The van der Waals surface area contributed by atoms with Crippen LogP contribution in [0.1, 0.15) is 12.0 Å². The molecule has 0 saturated heterocycles. The van der Waals surface area contributed by atoms with Gasteiger partial charge >= 0.3 is 0 Å². The minimum absolute atomic E-state index is 0.0509. The Kier molecular flexibility index (Phi) is 3.59. The Morgan fingerprint density at radius 1 is 1.15 bits per heavy atom. The van der Waals surface area contributed by atoms with Crippen molar-refractivity contribution in [3.63, 3.8) is 0 Å². The van der Waals surface area contributed by atoms with E-state index in [0.717, 1.165) is 32.5 Å². The molecule has 1 aliphatic rings. The third kappa shape index (κ3) is 2.76. The SMILES string of the molecule is Nc1cc2c(cc1Sc1ccc(Cl)cc1)CCC(=O)N2. The molecule has 2 aromatic rings. The van der Waals surface area contributed by atoms with E-state index in [1.807, 2.05) is 30.3 Å². The van der Waals surface area contributed by atoms with Gasteiger partial charge < -0.3 is 11.1 Å². The number of rotatable bonds is 2. The molecule has 0 aliphatic carbocycles. The quantitative estimate of drug-likeness (QED) is 0.826. The molecule has 0 saturated carbocycles. The molecular weight excluding hydrogens is 292 g/mol. The summed E-state index contributed by atoms with van der Waals surface area (Å²) in [5.74, 6) is 0.0509. The fraction of sp³-hybridized carbons (Fsp3) is 0.133. The number of nitrogens with two attached hydrogens (primary N) is 1. The fourth-order valence-electron chi connectivity index (χ4n) is 2.14. The van der Waals surface area contributed by atoms with Gasteiger partial charge in [0.25, 0.3) is 0 Å². The van der Waals surface area contributed by atoms with Crippen LogP contribution in [0.4, 0.5) is 11.4 Å². The summed E-state index contributed by atoms with van der Waals surface area (Å²) in [6, 6.07) is 11.5. The van der Waals surface area contributed by atoms with E-state index < -0.39 is 0 Å². The van der Waals surface area contributed by atoms with Gasteiger partial charge in [-0.1, -0.05) is 23.4 Å². The average Bonchev–Trinajstić information content (AvgIpc) is 2.42. The first-order valence-corrected chi connectivity index (χ1v) is 7.47. The number of hydrogen-bond acceptors (Lipinski definition) is 3. The van der Waals surface area contributed by atoms with Crippen LogP contribution < -0.4 is 11.1 Å². The maximum atomic E-state index is 11.4. The Hall–Kier alpha value is -1.65. The number of anilines is 2. The van der Waals surface area contributed by atoms with E-state index in [2.05, 4.69) is 11.4 Å². The molecule has 0 aromatic heterocycles.